The first-order chi connectivity index (χ1) is 18.9. The second-order valence-corrected chi connectivity index (χ2v) is 9.53. The van der Waals surface area contributed by atoms with Gasteiger partial charge in [-0.05, 0) is 55.3 Å². The summed E-state index contributed by atoms with van der Waals surface area (Å²) in [5.74, 6) is -0.198. The zero-order valence-corrected chi connectivity index (χ0v) is 22.1. The third-order valence-corrected chi connectivity index (χ3v) is 6.32. The van der Waals surface area contributed by atoms with E-state index in [0.717, 1.165) is 33.5 Å². The van der Waals surface area contributed by atoms with Gasteiger partial charge in [0.2, 0.25) is 11.8 Å². The predicted octanol–water partition coefficient (Wildman–Crippen LogP) is 6.93. The zero-order chi connectivity index (χ0) is 27.4. The van der Waals surface area contributed by atoms with Gasteiger partial charge in [-0.2, -0.15) is 9.78 Å². The second kappa shape index (κ2) is 11.2. The van der Waals surface area contributed by atoms with Crippen LogP contribution in [0.3, 0.4) is 0 Å². The Bertz CT molecular complexity index is 1620. The molecule has 0 spiro atoms. The Morgan fingerprint density at radius 3 is 2.18 bits per heavy atom. The highest BCUT2D eigenvalue weighted by molar-refractivity contribution is 5.93. The van der Waals surface area contributed by atoms with Gasteiger partial charge in [0.05, 0.1) is 17.7 Å². The van der Waals surface area contributed by atoms with Crippen molar-refractivity contribution in [1.29, 1.82) is 0 Å². The number of nitrogens with zero attached hydrogens (tertiary/aromatic N) is 2. The topological polar surface area (TPSA) is 73.2 Å². The van der Waals surface area contributed by atoms with Crippen LogP contribution in [0.2, 0.25) is 0 Å². The lowest BCUT2D eigenvalue weighted by molar-refractivity contribution is -0.132. The maximum absolute atomic E-state index is 12.6. The van der Waals surface area contributed by atoms with Crippen LogP contribution < -0.4 is 10.1 Å². The van der Waals surface area contributed by atoms with Gasteiger partial charge in [0.15, 0.2) is 0 Å². The smallest absolute Gasteiger partial charge is 0.309 e. The van der Waals surface area contributed by atoms with E-state index in [0.29, 0.717) is 29.2 Å². The molecule has 194 valence electrons. The number of ether oxygens (including phenoxy) is 1. The van der Waals surface area contributed by atoms with Gasteiger partial charge >= 0.3 is 5.97 Å². The van der Waals surface area contributed by atoms with Crippen molar-refractivity contribution in [3.05, 3.63) is 120 Å². The van der Waals surface area contributed by atoms with Crippen LogP contribution in [-0.4, -0.2) is 21.7 Å². The molecule has 1 amide bonds. The number of carbonyl (C=O) groups is 2. The van der Waals surface area contributed by atoms with E-state index in [-0.39, 0.29) is 5.91 Å². The zero-order valence-electron chi connectivity index (χ0n) is 22.1. The van der Waals surface area contributed by atoms with Crippen molar-refractivity contribution in [2.45, 2.75) is 27.2 Å². The average molecular weight is 516 g/mol. The Labute approximate surface area is 227 Å². The number of rotatable bonds is 7. The Kier molecular flexibility index (Phi) is 7.37. The number of benzene rings is 4. The van der Waals surface area contributed by atoms with Crippen molar-refractivity contribution >= 4 is 17.6 Å². The second-order valence-electron chi connectivity index (χ2n) is 9.53. The van der Waals surface area contributed by atoms with Gasteiger partial charge in [0.1, 0.15) is 5.69 Å². The van der Waals surface area contributed by atoms with Gasteiger partial charge < -0.3 is 10.1 Å². The Hall–Kier alpha value is -4.97. The number of anilines is 1. The van der Waals surface area contributed by atoms with E-state index in [2.05, 4.69) is 11.4 Å². The Morgan fingerprint density at radius 2 is 1.51 bits per heavy atom. The first-order valence-electron chi connectivity index (χ1n) is 12.8. The molecule has 0 aliphatic rings. The van der Waals surface area contributed by atoms with Crippen molar-refractivity contribution in [2.24, 2.45) is 0 Å². The molecule has 1 aromatic heterocycles. The maximum atomic E-state index is 12.6. The van der Waals surface area contributed by atoms with Gasteiger partial charge in [-0.25, -0.2) is 0 Å². The number of esters is 1. The third-order valence-electron chi connectivity index (χ3n) is 6.32. The van der Waals surface area contributed by atoms with Crippen molar-refractivity contribution in [1.82, 2.24) is 9.78 Å². The molecule has 4 aromatic carbocycles. The van der Waals surface area contributed by atoms with Crippen LogP contribution in [0.15, 0.2) is 103 Å². The van der Waals surface area contributed by atoms with Gasteiger partial charge in [0, 0.05) is 18.2 Å². The van der Waals surface area contributed by atoms with Gasteiger partial charge in [-0.15, -0.1) is 0 Å². The van der Waals surface area contributed by atoms with E-state index in [1.807, 2.05) is 111 Å². The molecule has 6 nitrogen and oxygen atoms in total. The molecule has 1 heterocycles. The number of hydrogen-bond donors (Lipinski definition) is 1. The molecular weight excluding hydrogens is 486 g/mol. The molecule has 1 N–H and O–H groups in total. The molecule has 0 bridgehead atoms. The molecule has 39 heavy (non-hydrogen) atoms. The first kappa shape index (κ1) is 25.7. The number of carbonyl (C=O) groups excluding carboxylic acids is 2. The van der Waals surface area contributed by atoms with Crippen LogP contribution in [0.4, 0.5) is 5.69 Å². The van der Waals surface area contributed by atoms with Gasteiger partial charge in [-0.1, -0.05) is 83.9 Å². The highest BCUT2D eigenvalue weighted by Crippen LogP contribution is 2.41. The van der Waals surface area contributed by atoms with Crippen LogP contribution in [0, 0.1) is 13.8 Å². The minimum atomic E-state index is -0.440. The van der Waals surface area contributed by atoms with E-state index < -0.39 is 5.97 Å². The van der Waals surface area contributed by atoms with E-state index in [1.54, 1.807) is 4.68 Å². The van der Waals surface area contributed by atoms with Crippen molar-refractivity contribution < 1.29 is 14.3 Å². The average Bonchev–Trinajstić information content (AvgIpc) is 3.28. The van der Waals surface area contributed by atoms with E-state index >= 15 is 0 Å². The summed E-state index contributed by atoms with van der Waals surface area (Å²) in [7, 11) is 0. The normalized spacial score (nSPS) is 10.7. The molecule has 0 saturated heterocycles. The number of nitrogens with one attached hydrogen (secondary N) is 1. The fraction of sp³-hybridized carbons (Fsp3) is 0.121. The minimum absolute atomic E-state index is 0.0952. The third kappa shape index (κ3) is 5.96. The molecule has 0 radical (unpaired) electrons. The maximum Gasteiger partial charge on any atom is 0.309 e. The highest BCUT2D eigenvalue weighted by Gasteiger charge is 2.24. The summed E-state index contributed by atoms with van der Waals surface area (Å²) in [5.41, 5.74) is 7.71. The summed E-state index contributed by atoms with van der Waals surface area (Å²) in [6.45, 7) is 5.43. The molecule has 0 saturated carbocycles. The standard InChI is InChI=1S/C33H29N3O3/c1-22-12-18-29(19-13-22)36-33(39-24(3)37)31(32(35-36)27-11-7-8-23(2)20-27)26-14-16-28(17-15-26)34-30(38)21-25-9-5-4-6-10-25/h4-20H,21H2,1-3H3,(H,34,38). The van der Waals surface area contributed by atoms with E-state index in [4.69, 9.17) is 9.84 Å². The summed E-state index contributed by atoms with van der Waals surface area (Å²) >= 11 is 0. The molecular formula is C33H29N3O3. The van der Waals surface area contributed by atoms with Crippen molar-refractivity contribution in [2.75, 3.05) is 5.32 Å². The minimum Gasteiger partial charge on any atom is -0.407 e. The number of amides is 1. The van der Waals surface area contributed by atoms with Crippen LogP contribution in [0.25, 0.3) is 28.1 Å². The quantitative estimate of drug-likeness (QED) is 0.239. The lowest BCUT2D eigenvalue weighted by atomic mass is 10.00. The Morgan fingerprint density at radius 1 is 0.795 bits per heavy atom. The SMILES string of the molecule is CC(=O)Oc1c(-c2ccc(NC(=O)Cc3ccccc3)cc2)c(-c2cccc(C)c2)nn1-c1ccc(C)cc1. The molecule has 0 unspecified atom stereocenters. The Balaban J connectivity index is 1.57. The fourth-order valence-corrected chi connectivity index (χ4v) is 4.46. The summed E-state index contributed by atoms with van der Waals surface area (Å²) in [6.07, 6.45) is 0.292. The fourth-order valence-electron chi connectivity index (χ4n) is 4.46. The van der Waals surface area contributed by atoms with Crippen LogP contribution in [0.5, 0.6) is 5.88 Å². The van der Waals surface area contributed by atoms with Gasteiger partial charge in [0.25, 0.3) is 0 Å². The van der Waals surface area contributed by atoms with Crippen LogP contribution >= 0.6 is 0 Å². The molecule has 5 rings (SSSR count). The number of hydrogen-bond acceptors (Lipinski definition) is 4. The molecule has 0 fully saturated rings. The number of aromatic nitrogens is 2. The molecule has 5 aromatic rings. The van der Waals surface area contributed by atoms with E-state index in [9.17, 15) is 9.59 Å². The van der Waals surface area contributed by atoms with Crippen molar-refractivity contribution in [3.63, 3.8) is 0 Å². The molecule has 0 aliphatic heterocycles. The largest absolute Gasteiger partial charge is 0.407 e. The summed E-state index contributed by atoms with van der Waals surface area (Å²) in [5, 5.41) is 7.90. The molecule has 0 aliphatic carbocycles. The first-order valence-corrected chi connectivity index (χ1v) is 12.8. The molecule has 6 heteroatoms. The predicted molar refractivity (Wildman–Crippen MR) is 154 cm³/mol. The molecule has 0 atom stereocenters. The highest BCUT2D eigenvalue weighted by atomic mass is 16.5. The lowest BCUT2D eigenvalue weighted by Gasteiger charge is -2.11. The van der Waals surface area contributed by atoms with Crippen LogP contribution in [0.1, 0.15) is 23.6 Å². The lowest BCUT2D eigenvalue weighted by Crippen LogP contribution is -2.14. The van der Waals surface area contributed by atoms with E-state index in [1.165, 1.54) is 6.92 Å². The monoisotopic (exact) mass is 515 g/mol. The summed E-state index contributed by atoms with van der Waals surface area (Å²) < 4.78 is 7.47. The summed E-state index contributed by atoms with van der Waals surface area (Å²) in [6, 6.07) is 33.1. The number of aryl methyl sites for hydroxylation is 2. The van der Waals surface area contributed by atoms with Gasteiger partial charge in [-0.3, -0.25) is 9.59 Å². The van der Waals surface area contributed by atoms with Crippen LogP contribution in [-0.2, 0) is 16.0 Å². The summed E-state index contributed by atoms with van der Waals surface area (Å²) in [4.78, 5) is 24.8. The van der Waals surface area contributed by atoms with Crippen molar-refractivity contribution in [3.8, 4) is 34.0 Å².